The van der Waals surface area contributed by atoms with Crippen molar-refractivity contribution in [1.29, 1.82) is 0 Å². The minimum absolute atomic E-state index is 0.129. The molecule has 146 valence electrons. The summed E-state index contributed by atoms with van der Waals surface area (Å²) >= 11 is 12.1. The number of benzene rings is 2. The second kappa shape index (κ2) is 9.90. The number of rotatable bonds is 9. The SMILES string of the molecule is CCCCCCCn1c(C(=O)/C=C/c2ccc(Cl)cc2Cl)nc2ccccc21. The van der Waals surface area contributed by atoms with Crippen molar-refractivity contribution in [3.8, 4) is 0 Å². The Balaban J connectivity index is 1.83. The summed E-state index contributed by atoms with van der Waals surface area (Å²) in [5.41, 5.74) is 2.60. The maximum atomic E-state index is 12.9. The second-order valence-electron chi connectivity index (χ2n) is 6.85. The monoisotopic (exact) mass is 414 g/mol. The third-order valence-corrected chi connectivity index (χ3v) is 5.30. The molecule has 2 aromatic carbocycles. The van der Waals surface area contributed by atoms with Crippen LogP contribution < -0.4 is 0 Å². The van der Waals surface area contributed by atoms with Gasteiger partial charge in [-0.1, -0.05) is 74.0 Å². The third kappa shape index (κ3) is 5.03. The number of unbranched alkanes of at least 4 members (excludes halogenated alkanes) is 4. The topological polar surface area (TPSA) is 34.9 Å². The van der Waals surface area contributed by atoms with Crippen LogP contribution in [0.4, 0.5) is 0 Å². The quantitative estimate of drug-likeness (QED) is 0.210. The molecule has 0 spiro atoms. The minimum atomic E-state index is -0.129. The lowest BCUT2D eigenvalue weighted by atomic mass is 10.1. The highest BCUT2D eigenvalue weighted by Crippen LogP contribution is 2.23. The smallest absolute Gasteiger partial charge is 0.221 e. The van der Waals surface area contributed by atoms with E-state index < -0.39 is 0 Å². The summed E-state index contributed by atoms with van der Waals surface area (Å²) in [6.45, 7) is 3.00. The van der Waals surface area contributed by atoms with E-state index in [2.05, 4.69) is 11.9 Å². The second-order valence-corrected chi connectivity index (χ2v) is 7.70. The normalized spacial score (nSPS) is 11.5. The van der Waals surface area contributed by atoms with Crippen LogP contribution in [0.5, 0.6) is 0 Å². The van der Waals surface area contributed by atoms with Gasteiger partial charge < -0.3 is 4.57 Å². The van der Waals surface area contributed by atoms with Crippen LogP contribution in [0.1, 0.15) is 55.2 Å². The Bertz CT molecular complexity index is 991. The lowest BCUT2D eigenvalue weighted by molar-refractivity contribution is 0.103. The highest BCUT2D eigenvalue weighted by molar-refractivity contribution is 6.35. The average molecular weight is 415 g/mol. The molecule has 5 heteroatoms. The molecular formula is C23H24Cl2N2O. The minimum Gasteiger partial charge on any atom is -0.321 e. The van der Waals surface area contributed by atoms with Crippen molar-refractivity contribution >= 4 is 46.1 Å². The molecule has 0 radical (unpaired) electrons. The Kier molecular flexibility index (Phi) is 7.30. The van der Waals surface area contributed by atoms with Crippen LogP contribution in [0.15, 0.2) is 48.5 Å². The molecule has 0 amide bonds. The van der Waals surface area contributed by atoms with E-state index in [0.717, 1.165) is 36.0 Å². The predicted molar refractivity (Wildman–Crippen MR) is 118 cm³/mol. The molecule has 0 unspecified atom stereocenters. The number of carbonyl (C=O) groups excluding carboxylic acids is 1. The molecule has 0 bridgehead atoms. The van der Waals surface area contributed by atoms with Crippen molar-refractivity contribution in [2.24, 2.45) is 0 Å². The fourth-order valence-corrected chi connectivity index (χ4v) is 3.71. The van der Waals surface area contributed by atoms with Crippen molar-refractivity contribution in [2.75, 3.05) is 0 Å². The van der Waals surface area contributed by atoms with Crippen LogP contribution in [0, 0.1) is 0 Å². The van der Waals surface area contributed by atoms with Gasteiger partial charge in [-0.3, -0.25) is 4.79 Å². The summed E-state index contributed by atoms with van der Waals surface area (Å²) in [6, 6.07) is 13.1. The maximum absolute atomic E-state index is 12.9. The van der Waals surface area contributed by atoms with Gasteiger partial charge in [0.2, 0.25) is 5.78 Å². The number of imidazole rings is 1. The van der Waals surface area contributed by atoms with E-state index in [1.54, 1.807) is 24.3 Å². The summed E-state index contributed by atoms with van der Waals surface area (Å²) < 4.78 is 2.04. The molecule has 1 heterocycles. The Hall–Kier alpha value is -2.10. The first-order valence-corrected chi connectivity index (χ1v) is 10.5. The zero-order valence-electron chi connectivity index (χ0n) is 16.0. The standard InChI is InChI=1S/C23H24Cl2N2O/c1-2-3-4-5-8-15-27-21-10-7-6-9-20(21)26-23(27)22(28)14-12-17-11-13-18(24)16-19(17)25/h6-7,9-14,16H,2-5,8,15H2,1H3/b14-12+. The summed E-state index contributed by atoms with van der Waals surface area (Å²) in [4.78, 5) is 17.5. The number of ketones is 1. The van der Waals surface area contributed by atoms with E-state index in [0.29, 0.717) is 15.9 Å². The molecule has 0 atom stereocenters. The molecule has 0 saturated heterocycles. The first-order valence-electron chi connectivity index (χ1n) is 9.73. The van der Waals surface area contributed by atoms with E-state index in [1.807, 2.05) is 28.8 Å². The molecule has 3 nitrogen and oxygen atoms in total. The Labute approximate surface area is 176 Å². The van der Waals surface area contributed by atoms with Gasteiger partial charge in [-0.25, -0.2) is 4.98 Å². The number of hydrogen-bond donors (Lipinski definition) is 0. The van der Waals surface area contributed by atoms with Crippen molar-refractivity contribution in [3.05, 3.63) is 70.0 Å². The molecule has 0 aliphatic carbocycles. The van der Waals surface area contributed by atoms with Crippen LogP contribution in [-0.4, -0.2) is 15.3 Å². The third-order valence-electron chi connectivity index (χ3n) is 4.74. The Morgan fingerprint density at radius 2 is 1.86 bits per heavy atom. The number of fused-ring (bicyclic) bond motifs is 1. The van der Waals surface area contributed by atoms with Gasteiger partial charge in [-0.05, 0) is 48.4 Å². The van der Waals surface area contributed by atoms with Gasteiger partial charge in [0, 0.05) is 16.6 Å². The number of para-hydroxylation sites is 2. The molecule has 0 saturated carbocycles. The number of carbonyl (C=O) groups is 1. The fourth-order valence-electron chi connectivity index (χ4n) is 3.24. The summed E-state index contributed by atoms with van der Waals surface area (Å²) in [5, 5.41) is 1.08. The van der Waals surface area contributed by atoms with Gasteiger partial charge in [0.1, 0.15) is 0 Å². The van der Waals surface area contributed by atoms with Crippen LogP contribution in [0.2, 0.25) is 10.0 Å². The molecule has 28 heavy (non-hydrogen) atoms. The van der Waals surface area contributed by atoms with Crippen LogP contribution in [-0.2, 0) is 6.54 Å². The van der Waals surface area contributed by atoms with Crippen LogP contribution >= 0.6 is 23.2 Å². The lowest BCUT2D eigenvalue weighted by Gasteiger charge is -2.07. The zero-order chi connectivity index (χ0) is 19.9. The predicted octanol–water partition coefficient (Wildman–Crippen LogP) is 7.21. The number of halogens is 2. The number of nitrogens with zero attached hydrogens (tertiary/aromatic N) is 2. The average Bonchev–Trinajstić information content (AvgIpc) is 3.06. The van der Waals surface area contributed by atoms with Crippen molar-refractivity contribution in [1.82, 2.24) is 9.55 Å². The first kappa shape index (κ1) is 20.6. The molecule has 0 aliphatic heterocycles. The lowest BCUT2D eigenvalue weighted by Crippen LogP contribution is -2.09. The van der Waals surface area contributed by atoms with Gasteiger partial charge in [0.25, 0.3) is 0 Å². The molecule has 0 fully saturated rings. The van der Waals surface area contributed by atoms with E-state index in [-0.39, 0.29) is 5.78 Å². The summed E-state index contributed by atoms with van der Waals surface area (Å²) in [5.74, 6) is 0.341. The Morgan fingerprint density at radius 1 is 1.07 bits per heavy atom. The molecular weight excluding hydrogens is 391 g/mol. The van der Waals surface area contributed by atoms with Gasteiger partial charge in [0.15, 0.2) is 5.82 Å². The van der Waals surface area contributed by atoms with Gasteiger partial charge in [0.05, 0.1) is 11.0 Å². The van der Waals surface area contributed by atoms with Crippen LogP contribution in [0.25, 0.3) is 17.1 Å². The fraction of sp³-hybridized carbons (Fsp3) is 0.304. The zero-order valence-corrected chi connectivity index (χ0v) is 17.5. The van der Waals surface area contributed by atoms with Crippen molar-refractivity contribution in [2.45, 2.75) is 45.6 Å². The summed E-state index contributed by atoms with van der Waals surface area (Å²) in [7, 11) is 0. The molecule has 3 aromatic rings. The van der Waals surface area contributed by atoms with Crippen molar-refractivity contribution < 1.29 is 4.79 Å². The van der Waals surface area contributed by atoms with Gasteiger partial charge in [-0.2, -0.15) is 0 Å². The largest absolute Gasteiger partial charge is 0.321 e. The number of allylic oxidation sites excluding steroid dienone is 1. The highest BCUT2D eigenvalue weighted by atomic mass is 35.5. The van der Waals surface area contributed by atoms with E-state index >= 15 is 0 Å². The Morgan fingerprint density at radius 3 is 2.64 bits per heavy atom. The highest BCUT2D eigenvalue weighted by Gasteiger charge is 2.15. The number of aryl methyl sites for hydroxylation is 1. The van der Waals surface area contributed by atoms with Crippen LogP contribution in [0.3, 0.4) is 0 Å². The number of hydrogen-bond acceptors (Lipinski definition) is 2. The molecule has 1 aromatic heterocycles. The molecule has 0 aliphatic rings. The van der Waals surface area contributed by atoms with Gasteiger partial charge in [-0.15, -0.1) is 0 Å². The van der Waals surface area contributed by atoms with E-state index in [9.17, 15) is 4.79 Å². The van der Waals surface area contributed by atoms with E-state index in [4.69, 9.17) is 23.2 Å². The maximum Gasteiger partial charge on any atom is 0.221 e. The van der Waals surface area contributed by atoms with E-state index in [1.165, 1.54) is 25.3 Å². The van der Waals surface area contributed by atoms with Crippen molar-refractivity contribution in [3.63, 3.8) is 0 Å². The van der Waals surface area contributed by atoms with Gasteiger partial charge >= 0.3 is 0 Å². The molecule has 3 rings (SSSR count). The summed E-state index contributed by atoms with van der Waals surface area (Å²) in [6.07, 6.45) is 9.13. The first-order chi connectivity index (χ1) is 13.6. The number of aromatic nitrogens is 2. The molecule has 0 N–H and O–H groups in total.